The lowest BCUT2D eigenvalue weighted by Crippen LogP contribution is -2.58. The second-order valence-corrected chi connectivity index (χ2v) is 13.8. The Kier molecular flexibility index (Phi) is 8.71. The smallest absolute Gasteiger partial charge is 0.272 e. The Morgan fingerprint density at radius 3 is 2.41 bits per heavy atom. The molecule has 3 N–H and O–H groups in total. The molecule has 1 spiro atoms. The highest BCUT2D eigenvalue weighted by atomic mass is 16.2. The standard InChI is InChI=1S/C30H43N7O4/c1-28(2,3)23(35-25(39)21-17-32-11-12-33-21)27(41)37-18-30(9-7-6-8-10-30)15-22(37)26(40)34-20(16-31)13-19-14-29(4,5)36-24(19)38/h11-12,17,19-20,22-23H,6-10,13-15,18H2,1-5H3,(H,34,40)(H,35,39)(H,36,38)/t19-,20+,22+,23-/m1/s1. The van der Waals surface area contributed by atoms with Gasteiger partial charge in [-0.2, -0.15) is 5.26 Å². The van der Waals surface area contributed by atoms with Crippen LogP contribution in [-0.2, 0) is 14.4 Å². The number of aromatic nitrogens is 2. The number of nitriles is 1. The zero-order valence-corrected chi connectivity index (χ0v) is 24.8. The summed E-state index contributed by atoms with van der Waals surface area (Å²) in [4.78, 5) is 63.1. The number of rotatable bonds is 7. The number of carbonyl (C=O) groups is 4. The zero-order valence-electron chi connectivity index (χ0n) is 24.8. The van der Waals surface area contributed by atoms with E-state index >= 15 is 0 Å². The Morgan fingerprint density at radius 1 is 1.15 bits per heavy atom. The fourth-order valence-corrected chi connectivity index (χ4v) is 6.70. The molecule has 4 atom stereocenters. The van der Waals surface area contributed by atoms with Crippen molar-refractivity contribution in [3.05, 3.63) is 24.3 Å². The minimum Gasteiger partial charge on any atom is -0.351 e. The van der Waals surface area contributed by atoms with Crippen LogP contribution in [0.15, 0.2) is 18.6 Å². The molecule has 0 aromatic carbocycles. The van der Waals surface area contributed by atoms with Gasteiger partial charge in [-0.05, 0) is 56.8 Å². The Labute approximate surface area is 242 Å². The zero-order chi connectivity index (χ0) is 30.0. The summed E-state index contributed by atoms with van der Waals surface area (Å²) in [5.74, 6) is -1.72. The van der Waals surface area contributed by atoms with Crippen LogP contribution in [0, 0.1) is 28.1 Å². The predicted molar refractivity (Wildman–Crippen MR) is 151 cm³/mol. The number of likely N-dealkylation sites (tertiary alicyclic amines) is 1. The molecule has 0 radical (unpaired) electrons. The number of nitrogens with zero attached hydrogens (tertiary/aromatic N) is 4. The van der Waals surface area contributed by atoms with Crippen LogP contribution in [0.4, 0.5) is 0 Å². The SMILES string of the molecule is CC1(C)C[C@@H](C[C@@H](C#N)NC(=O)[C@@H]2CC3(CCCCC3)CN2C(=O)[C@@H](NC(=O)c2cnccn2)C(C)(C)C)C(=O)N1. The van der Waals surface area contributed by atoms with E-state index < -0.39 is 35.4 Å². The molecule has 41 heavy (non-hydrogen) atoms. The maximum absolute atomic E-state index is 14.2. The van der Waals surface area contributed by atoms with E-state index in [4.69, 9.17) is 0 Å². The van der Waals surface area contributed by atoms with Crippen LogP contribution in [0.25, 0.3) is 0 Å². The third-order valence-corrected chi connectivity index (χ3v) is 8.77. The highest BCUT2D eigenvalue weighted by Gasteiger charge is 2.51. The third-order valence-electron chi connectivity index (χ3n) is 8.77. The fourth-order valence-electron chi connectivity index (χ4n) is 6.70. The number of carbonyl (C=O) groups excluding carboxylic acids is 4. The second kappa shape index (κ2) is 11.7. The summed E-state index contributed by atoms with van der Waals surface area (Å²) in [6.07, 6.45) is 10.6. The van der Waals surface area contributed by atoms with Gasteiger partial charge in [-0.1, -0.05) is 40.0 Å². The molecule has 2 aliphatic heterocycles. The van der Waals surface area contributed by atoms with Crippen molar-refractivity contribution in [2.45, 2.75) is 110 Å². The van der Waals surface area contributed by atoms with Crippen LogP contribution >= 0.6 is 0 Å². The first kappa shape index (κ1) is 30.4. The van der Waals surface area contributed by atoms with Gasteiger partial charge in [0.1, 0.15) is 23.8 Å². The first-order valence-corrected chi connectivity index (χ1v) is 14.6. The maximum atomic E-state index is 14.2. The molecule has 222 valence electrons. The van der Waals surface area contributed by atoms with E-state index in [1.54, 1.807) is 4.90 Å². The Morgan fingerprint density at radius 2 is 1.85 bits per heavy atom. The minimum atomic E-state index is -0.915. The number of nitrogens with one attached hydrogen (secondary N) is 3. The highest BCUT2D eigenvalue weighted by Crippen LogP contribution is 2.47. The van der Waals surface area contributed by atoms with Crippen molar-refractivity contribution in [2.75, 3.05) is 6.54 Å². The lowest BCUT2D eigenvalue weighted by Gasteiger charge is -2.36. The van der Waals surface area contributed by atoms with Gasteiger partial charge in [-0.15, -0.1) is 0 Å². The predicted octanol–water partition coefficient (Wildman–Crippen LogP) is 2.49. The normalized spacial score (nSPS) is 24.7. The molecule has 1 aliphatic carbocycles. The van der Waals surface area contributed by atoms with Gasteiger partial charge in [0.25, 0.3) is 5.91 Å². The second-order valence-electron chi connectivity index (χ2n) is 13.8. The van der Waals surface area contributed by atoms with E-state index in [9.17, 15) is 24.4 Å². The molecule has 11 nitrogen and oxygen atoms in total. The molecule has 1 aromatic rings. The summed E-state index contributed by atoms with van der Waals surface area (Å²) in [5.41, 5.74) is -1.09. The number of amides is 4. The lowest BCUT2D eigenvalue weighted by molar-refractivity contribution is -0.142. The number of hydrogen-bond acceptors (Lipinski definition) is 7. The van der Waals surface area contributed by atoms with Gasteiger partial charge in [0.15, 0.2) is 0 Å². The highest BCUT2D eigenvalue weighted by molar-refractivity contribution is 5.97. The Hall–Kier alpha value is -3.55. The summed E-state index contributed by atoms with van der Waals surface area (Å²) < 4.78 is 0. The average molecular weight is 566 g/mol. The molecular weight excluding hydrogens is 522 g/mol. The molecule has 1 aromatic heterocycles. The van der Waals surface area contributed by atoms with Crippen molar-refractivity contribution in [3.8, 4) is 6.07 Å². The molecule has 2 saturated heterocycles. The molecule has 0 unspecified atom stereocenters. The van der Waals surface area contributed by atoms with Gasteiger partial charge in [0, 0.05) is 30.4 Å². The quantitative estimate of drug-likeness (QED) is 0.458. The molecule has 3 heterocycles. The molecular formula is C30H43N7O4. The molecule has 0 bridgehead atoms. The minimum absolute atomic E-state index is 0.102. The van der Waals surface area contributed by atoms with Crippen LogP contribution < -0.4 is 16.0 Å². The third kappa shape index (κ3) is 7.03. The van der Waals surface area contributed by atoms with Crippen molar-refractivity contribution in [1.29, 1.82) is 5.26 Å². The summed E-state index contributed by atoms with van der Waals surface area (Å²) >= 11 is 0. The summed E-state index contributed by atoms with van der Waals surface area (Å²) in [6.45, 7) is 9.90. The van der Waals surface area contributed by atoms with Crippen molar-refractivity contribution < 1.29 is 19.2 Å². The summed E-state index contributed by atoms with van der Waals surface area (Å²) in [5, 5.41) is 18.5. The Balaban J connectivity index is 1.55. The van der Waals surface area contributed by atoms with Crippen LogP contribution in [0.1, 0.15) is 96.5 Å². The molecule has 4 rings (SSSR count). The first-order valence-electron chi connectivity index (χ1n) is 14.6. The van der Waals surface area contributed by atoms with E-state index in [0.29, 0.717) is 19.4 Å². The van der Waals surface area contributed by atoms with Gasteiger partial charge in [0.2, 0.25) is 17.7 Å². The van der Waals surface area contributed by atoms with Gasteiger partial charge in [-0.3, -0.25) is 24.2 Å². The van der Waals surface area contributed by atoms with Crippen molar-refractivity contribution in [1.82, 2.24) is 30.8 Å². The van der Waals surface area contributed by atoms with E-state index in [2.05, 4.69) is 32.0 Å². The lowest BCUT2D eigenvalue weighted by atomic mass is 9.72. The van der Waals surface area contributed by atoms with E-state index in [1.807, 2.05) is 34.6 Å². The summed E-state index contributed by atoms with van der Waals surface area (Å²) in [7, 11) is 0. The maximum Gasteiger partial charge on any atom is 0.272 e. The summed E-state index contributed by atoms with van der Waals surface area (Å²) in [6, 6.07) is -0.396. The van der Waals surface area contributed by atoms with Crippen molar-refractivity contribution in [2.24, 2.45) is 16.7 Å². The number of hydrogen-bond donors (Lipinski definition) is 3. The fraction of sp³-hybridized carbons (Fsp3) is 0.700. The van der Waals surface area contributed by atoms with Crippen LogP contribution in [0.5, 0.6) is 0 Å². The van der Waals surface area contributed by atoms with E-state index in [0.717, 1.165) is 32.1 Å². The van der Waals surface area contributed by atoms with Crippen molar-refractivity contribution >= 4 is 23.6 Å². The van der Waals surface area contributed by atoms with E-state index in [-0.39, 0.29) is 40.8 Å². The van der Waals surface area contributed by atoms with E-state index in [1.165, 1.54) is 18.6 Å². The van der Waals surface area contributed by atoms with Gasteiger partial charge < -0.3 is 20.9 Å². The van der Waals surface area contributed by atoms with Crippen LogP contribution in [0.3, 0.4) is 0 Å². The molecule has 11 heteroatoms. The monoisotopic (exact) mass is 565 g/mol. The van der Waals surface area contributed by atoms with Crippen LogP contribution in [-0.4, -0.2) is 68.7 Å². The molecule has 4 amide bonds. The Bertz CT molecular complexity index is 1200. The van der Waals surface area contributed by atoms with Gasteiger partial charge >= 0.3 is 0 Å². The largest absolute Gasteiger partial charge is 0.351 e. The van der Waals surface area contributed by atoms with Gasteiger partial charge in [0.05, 0.1) is 12.3 Å². The molecule has 3 aliphatic rings. The molecule has 1 saturated carbocycles. The van der Waals surface area contributed by atoms with Gasteiger partial charge in [-0.25, -0.2) is 4.98 Å². The van der Waals surface area contributed by atoms with Crippen molar-refractivity contribution in [3.63, 3.8) is 0 Å². The average Bonchev–Trinajstić information content (AvgIpc) is 3.41. The molecule has 3 fully saturated rings. The first-order chi connectivity index (χ1) is 19.2. The van der Waals surface area contributed by atoms with Crippen LogP contribution in [0.2, 0.25) is 0 Å². The topological polar surface area (TPSA) is 157 Å².